The van der Waals surface area contributed by atoms with Crippen LogP contribution in [0.5, 0.6) is 0 Å². The summed E-state index contributed by atoms with van der Waals surface area (Å²) in [5.41, 5.74) is 1.29. The van der Waals surface area contributed by atoms with Crippen molar-refractivity contribution in [2.24, 2.45) is 0 Å². The lowest BCUT2D eigenvalue weighted by atomic mass is 10.1. The molecule has 5 nitrogen and oxygen atoms in total. The summed E-state index contributed by atoms with van der Waals surface area (Å²) in [7, 11) is -3.46. The van der Waals surface area contributed by atoms with E-state index in [9.17, 15) is 13.2 Å². The number of sulfonamides is 1. The highest BCUT2D eigenvalue weighted by molar-refractivity contribution is 7.89. The number of piperidine rings is 1. The van der Waals surface area contributed by atoms with Gasteiger partial charge in [-0.05, 0) is 60.9 Å². The number of nitrogens with zero attached hydrogens (tertiary/aromatic N) is 2. The summed E-state index contributed by atoms with van der Waals surface area (Å²) < 4.78 is 26.7. The Kier molecular flexibility index (Phi) is 5.40. The first kappa shape index (κ1) is 17.5. The van der Waals surface area contributed by atoms with Gasteiger partial charge in [-0.25, -0.2) is 8.42 Å². The van der Waals surface area contributed by atoms with Crippen molar-refractivity contribution in [3.8, 4) is 0 Å². The fourth-order valence-electron chi connectivity index (χ4n) is 2.79. The van der Waals surface area contributed by atoms with Gasteiger partial charge in [-0.2, -0.15) is 4.31 Å². The second-order valence-corrected chi connectivity index (χ2v) is 7.91. The van der Waals surface area contributed by atoms with E-state index in [2.05, 4.69) is 4.98 Å². The van der Waals surface area contributed by atoms with Crippen molar-refractivity contribution in [2.45, 2.75) is 24.2 Å². The molecule has 0 spiro atoms. The van der Waals surface area contributed by atoms with E-state index in [-0.39, 0.29) is 10.7 Å². The van der Waals surface area contributed by atoms with Crippen LogP contribution < -0.4 is 0 Å². The number of pyridine rings is 1. The Hall–Kier alpha value is -2.31. The number of benzene rings is 1. The molecule has 0 N–H and O–H groups in total. The molecular weight excluding hydrogens is 336 g/mol. The molecule has 0 unspecified atom stereocenters. The molecule has 1 aromatic carbocycles. The maximum Gasteiger partial charge on any atom is 0.243 e. The van der Waals surface area contributed by atoms with E-state index >= 15 is 0 Å². The van der Waals surface area contributed by atoms with E-state index < -0.39 is 10.0 Å². The molecule has 2 aromatic rings. The average molecular weight is 356 g/mol. The highest BCUT2D eigenvalue weighted by Gasteiger charge is 2.25. The predicted molar refractivity (Wildman–Crippen MR) is 96.7 cm³/mol. The van der Waals surface area contributed by atoms with Crippen LogP contribution in [0.15, 0.2) is 59.8 Å². The Morgan fingerprint density at radius 3 is 2.40 bits per heavy atom. The number of hydrogen-bond donors (Lipinski definition) is 0. The quantitative estimate of drug-likeness (QED) is 0.610. The van der Waals surface area contributed by atoms with Crippen LogP contribution in [0.3, 0.4) is 0 Å². The molecule has 1 aliphatic heterocycles. The number of carbonyl (C=O) groups is 1. The lowest BCUT2D eigenvalue weighted by Gasteiger charge is -2.25. The zero-order chi connectivity index (χ0) is 17.7. The molecule has 0 aliphatic carbocycles. The highest BCUT2D eigenvalue weighted by Crippen LogP contribution is 2.21. The average Bonchev–Trinajstić information content (AvgIpc) is 2.68. The summed E-state index contributed by atoms with van der Waals surface area (Å²) in [4.78, 5) is 16.4. The molecule has 6 heteroatoms. The van der Waals surface area contributed by atoms with Gasteiger partial charge in [-0.3, -0.25) is 9.78 Å². The zero-order valence-electron chi connectivity index (χ0n) is 13.8. The lowest BCUT2D eigenvalue weighted by Crippen LogP contribution is -2.35. The molecule has 0 radical (unpaired) electrons. The Balaban J connectivity index is 1.73. The highest BCUT2D eigenvalue weighted by atomic mass is 32.2. The van der Waals surface area contributed by atoms with Crippen molar-refractivity contribution in [1.82, 2.24) is 9.29 Å². The Bertz CT molecular complexity index is 853. The molecule has 0 saturated carbocycles. The van der Waals surface area contributed by atoms with Crippen LogP contribution in [-0.2, 0) is 10.0 Å². The van der Waals surface area contributed by atoms with Gasteiger partial charge in [0.1, 0.15) is 0 Å². The zero-order valence-corrected chi connectivity index (χ0v) is 14.7. The van der Waals surface area contributed by atoms with Crippen molar-refractivity contribution in [3.05, 3.63) is 66.0 Å². The summed E-state index contributed by atoms with van der Waals surface area (Å²) in [6, 6.07) is 9.79. The van der Waals surface area contributed by atoms with Crippen molar-refractivity contribution in [2.75, 3.05) is 13.1 Å². The predicted octanol–water partition coefficient (Wildman–Crippen LogP) is 3.15. The second kappa shape index (κ2) is 7.72. The molecule has 130 valence electrons. The van der Waals surface area contributed by atoms with E-state index in [1.165, 1.54) is 22.5 Å². The molecule has 1 fully saturated rings. The molecule has 25 heavy (non-hydrogen) atoms. The second-order valence-electron chi connectivity index (χ2n) is 5.97. The van der Waals surface area contributed by atoms with Gasteiger partial charge in [-0.1, -0.05) is 12.5 Å². The van der Waals surface area contributed by atoms with Crippen LogP contribution in [0.25, 0.3) is 6.08 Å². The van der Waals surface area contributed by atoms with Crippen LogP contribution in [0.4, 0.5) is 0 Å². The third kappa shape index (κ3) is 4.21. The summed E-state index contributed by atoms with van der Waals surface area (Å²) in [5, 5.41) is 0. The van der Waals surface area contributed by atoms with Crippen LogP contribution in [0.1, 0.15) is 35.2 Å². The Morgan fingerprint density at radius 1 is 1.04 bits per heavy atom. The molecule has 0 bridgehead atoms. The van der Waals surface area contributed by atoms with Gasteiger partial charge in [0.05, 0.1) is 4.90 Å². The van der Waals surface area contributed by atoms with E-state index in [0.29, 0.717) is 18.7 Å². The fourth-order valence-corrected chi connectivity index (χ4v) is 4.31. The molecule has 0 atom stereocenters. The number of rotatable bonds is 5. The molecule has 1 aliphatic rings. The normalized spacial score (nSPS) is 16.2. The number of hydrogen-bond acceptors (Lipinski definition) is 4. The van der Waals surface area contributed by atoms with E-state index in [4.69, 9.17) is 0 Å². The number of ketones is 1. The standard InChI is InChI=1S/C19H20N2O3S/c22-19(11-6-16-5-4-12-20-15-16)17-7-9-18(10-8-17)25(23,24)21-13-2-1-3-14-21/h4-12,15H,1-3,13-14H2/b11-6+. The van der Waals surface area contributed by atoms with Gasteiger partial charge >= 0.3 is 0 Å². The third-order valence-electron chi connectivity index (χ3n) is 4.20. The van der Waals surface area contributed by atoms with Crippen molar-refractivity contribution in [3.63, 3.8) is 0 Å². The Morgan fingerprint density at radius 2 is 1.76 bits per heavy atom. The van der Waals surface area contributed by atoms with E-state index in [0.717, 1.165) is 24.8 Å². The molecule has 3 rings (SSSR count). The van der Waals surface area contributed by atoms with E-state index in [1.807, 2.05) is 6.07 Å². The first-order valence-corrected chi connectivity index (χ1v) is 9.74. The van der Waals surface area contributed by atoms with Gasteiger partial charge in [0.25, 0.3) is 0 Å². The van der Waals surface area contributed by atoms with Crippen molar-refractivity contribution >= 4 is 21.9 Å². The summed E-state index contributed by atoms with van der Waals surface area (Å²) in [6.07, 6.45) is 9.35. The number of carbonyl (C=O) groups excluding carboxylic acids is 1. The SMILES string of the molecule is O=C(/C=C/c1cccnc1)c1ccc(S(=O)(=O)N2CCCCC2)cc1. The van der Waals surface area contributed by atoms with Crippen LogP contribution >= 0.6 is 0 Å². The van der Waals surface area contributed by atoms with Gasteiger partial charge in [-0.15, -0.1) is 0 Å². The maximum atomic E-state index is 12.6. The number of aromatic nitrogens is 1. The summed E-state index contributed by atoms with van der Waals surface area (Å²) >= 11 is 0. The molecule has 1 saturated heterocycles. The first-order valence-electron chi connectivity index (χ1n) is 8.30. The van der Waals surface area contributed by atoms with Crippen molar-refractivity contribution in [1.29, 1.82) is 0 Å². The fraction of sp³-hybridized carbons (Fsp3) is 0.263. The monoisotopic (exact) mass is 356 g/mol. The molecule has 1 aromatic heterocycles. The smallest absolute Gasteiger partial charge is 0.243 e. The summed E-state index contributed by atoms with van der Waals surface area (Å²) in [6.45, 7) is 1.13. The van der Waals surface area contributed by atoms with Crippen LogP contribution in [0.2, 0.25) is 0 Å². The Labute approximate surface area is 148 Å². The minimum atomic E-state index is -3.46. The van der Waals surface area contributed by atoms with Crippen LogP contribution in [0, 0.1) is 0 Å². The van der Waals surface area contributed by atoms with Gasteiger partial charge in [0.15, 0.2) is 5.78 Å². The number of allylic oxidation sites excluding steroid dienone is 1. The summed E-state index contributed by atoms with van der Waals surface area (Å²) in [5.74, 6) is -0.175. The van der Waals surface area contributed by atoms with Crippen LogP contribution in [-0.4, -0.2) is 36.6 Å². The van der Waals surface area contributed by atoms with Gasteiger partial charge in [0, 0.05) is 31.0 Å². The third-order valence-corrected chi connectivity index (χ3v) is 6.12. The van der Waals surface area contributed by atoms with Gasteiger partial charge in [0.2, 0.25) is 10.0 Å². The molecule has 0 amide bonds. The minimum Gasteiger partial charge on any atom is -0.289 e. The molecular formula is C19H20N2O3S. The van der Waals surface area contributed by atoms with E-state index in [1.54, 1.807) is 36.7 Å². The minimum absolute atomic E-state index is 0.175. The van der Waals surface area contributed by atoms with Gasteiger partial charge < -0.3 is 0 Å². The topological polar surface area (TPSA) is 67.3 Å². The lowest BCUT2D eigenvalue weighted by molar-refractivity contribution is 0.104. The first-order chi connectivity index (χ1) is 12.1. The largest absolute Gasteiger partial charge is 0.289 e. The maximum absolute atomic E-state index is 12.6. The van der Waals surface area contributed by atoms with Crippen molar-refractivity contribution < 1.29 is 13.2 Å². The molecule has 2 heterocycles.